The van der Waals surface area contributed by atoms with Crippen molar-refractivity contribution >= 4 is 23.2 Å². The summed E-state index contributed by atoms with van der Waals surface area (Å²) in [5.41, 5.74) is -1.03. The van der Waals surface area contributed by atoms with Crippen LogP contribution in [0.2, 0.25) is 5.02 Å². The summed E-state index contributed by atoms with van der Waals surface area (Å²) in [7, 11) is 0. The highest BCUT2D eigenvalue weighted by Crippen LogP contribution is 2.32. The second-order valence-corrected chi connectivity index (χ2v) is 5.10. The van der Waals surface area contributed by atoms with Gasteiger partial charge in [-0.25, -0.2) is 0 Å². The van der Waals surface area contributed by atoms with Gasteiger partial charge >= 0.3 is 0 Å². The van der Waals surface area contributed by atoms with Crippen LogP contribution in [0, 0.1) is 10.1 Å². The van der Waals surface area contributed by atoms with Gasteiger partial charge in [-0.1, -0.05) is 11.6 Å². The van der Waals surface area contributed by atoms with Gasteiger partial charge in [-0.2, -0.15) is 0 Å². The van der Waals surface area contributed by atoms with Crippen molar-refractivity contribution in [1.82, 2.24) is 5.32 Å². The van der Waals surface area contributed by atoms with Crippen molar-refractivity contribution in [3.05, 3.63) is 38.9 Å². The average Bonchev–Trinajstić information content (AvgIpc) is 2.33. The number of carbonyl (C=O) groups is 1. The zero-order valence-electron chi connectivity index (χ0n) is 10.1. The fourth-order valence-corrected chi connectivity index (χ4v) is 2.26. The molecule has 0 unspecified atom stereocenters. The van der Waals surface area contributed by atoms with Crippen LogP contribution in [0.3, 0.4) is 0 Å². The zero-order chi connectivity index (χ0) is 14.0. The molecule has 0 aliphatic heterocycles. The molecule has 7 heteroatoms. The van der Waals surface area contributed by atoms with Crippen LogP contribution >= 0.6 is 11.6 Å². The fraction of sp³-hybridized carbons (Fsp3) is 0.417. The Bertz CT molecular complexity index is 523. The summed E-state index contributed by atoms with van der Waals surface area (Å²) >= 11 is 5.77. The van der Waals surface area contributed by atoms with Crippen molar-refractivity contribution in [3.8, 4) is 0 Å². The first kappa shape index (κ1) is 13.8. The number of carbonyl (C=O) groups excluding carboxylic acids is 1. The minimum atomic E-state index is -0.646. The summed E-state index contributed by atoms with van der Waals surface area (Å²) in [5.74, 6) is -0.581. The van der Waals surface area contributed by atoms with Crippen LogP contribution in [0.4, 0.5) is 5.69 Å². The summed E-state index contributed by atoms with van der Waals surface area (Å²) in [6.07, 6.45) is 2.26. The minimum absolute atomic E-state index is 0.0859. The van der Waals surface area contributed by atoms with E-state index in [9.17, 15) is 20.0 Å². The average molecular weight is 285 g/mol. The molecular weight excluding hydrogens is 272 g/mol. The quantitative estimate of drug-likeness (QED) is 0.652. The third kappa shape index (κ3) is 2.69. The Morgan fingerprint density at radius 3 is 2.68 bits per heavy atom. The van der Waals surface area contributed by atoms with Gasteiger partial charge in [0.15, 0.2) is 0 Å². The van der Waals surface area contributed by atoms with Gasteiger partial charge in [-0.15, -0.1) is 0 Å². The Kier molecular flexibility index (Phi) is 3.73. The smallest absolute Gasteiger partial charge is 0.282 e. The number of aliphatic hydroxyl groups is 1. The van der Waals surface area contributed by atoms with Crippen LogP contribution in [0.1, 0.15) is 29.6 Å². The van der Waals surface area contributed by atoms with Gasteiger partial charge in [0.05, 0.1) is 17.1 Å². The van der Waals surface area contributed by atoms with Crippen LogP contribution < -0.4 is 5.32 Å². The standard InChI is InChI=1S/C12H13ClN2O4/c13-8-2-3-10(15(18)19)9(6-8)11(17)14-12(7-16)4-1-5-12/h2-3,6,16H,1,4-5,7H2,(H,14,17). The number of hydrogen-bond acceptors (Lipinski definition) is 4. The molecule has 0 radical (unpaired) electrons. The minimum Gasteiger partial charge on any atom is -0.394 e. The Hall–Kier alpha value is -1.66. The lowest BCUT2D eigenvalue weighted by molar-refractivity contribution is -0.385. The molecule has 1 aromatic rings. The first-order chi connectivity index (χ1) is 8.97. The van der Waals surface area contributed by atoms with Gasteiger partial charge < -0.3 is 10.4 Å². The van der Waals surface area contributed by atoms with E-state index in [1.807, 2.05) is 0 Å². The van der Waals surface area contributed by atoms with Gasteiger partial charge in [0.25, 0.3) is 11.6 Å². The fourth-order valence-electron chi connectivity index (χ4n) is 2.08. The molecule has 0 aromatic heterocycles. The van der Waals surface area contributed by atoms with Crippen LogP contribution in [-0.2, 0) is 0 Å². The molecule has 102 valence electrons. The molecule has 0 atom stereocenters. The molecule has 2 N–H and O–H groups in total. The molecule has 0 heterocycles. The second-order valence-electron chi connectivity index (χ2n) is 4.66. The third-order valence-corrected chi connectivity index (χ3v) is 3.63. The van der Waals surface area contributed by atoms with E-state index in [2.05, 4.69) is 5.32 Å². The number of halogens is 1. The molecule has 1 aliphatic rings. The largest absolute Gasteiger partial charge is 0.394 e. The maximum Gasteiger partial charge on any atom is 0.282 e. The first-order valence-electron chi connectivity index (χ1n) is 5.85. The van der Waals surface area contributed by atoms with E-state index in [1.54, 1.807) is 0 Å². The summed E-state index contributed by atoms with van der Waals surface area (Å²) < 4.78 is 0. The van der Waals surface area contributed by atoms with Gasteiger partial charge in [-0.3, -0.25) is 14.9 Å². The number of benzene rings is 1. The maximum absolute atomic E-state index is 12.1. The van der Waals surface area contributed by atoms with Crippen molar-refractivity contribution in [2.75, 3.05) is 6.61 Å². The van der Waals surface area contributed by atoms with Gasteiger partial charge in [0.1, 0.15) is 5.56 Å². The summed E-state index contributed by atoms with van der Waals surface area (Å²) in [6.45, 7) is -0.174. The third-order valence-electron chi connectivity index (χ3n) is 3.39. The Morgan fingerprint density at radius 1 is 1.53 bits per heavy atom. The number of hydrogen-bond donors (Lipinski definition) is 2. The summed E-state index contributed by atoms with van der Waals surface area (Å²) in [5, 5.41) is 23.1. The van der Waals surface area contributed by atoms with Crippen molar-refractivity contribution in [2.45, 2.75) is 24.8 Å². The number of nitro groups is 1. The molecule has 1 aliphatic carbocycles. The number of nitrogens with one attached hydrogen (secondary N) is 1. The molecule has 1 fully saturated rings. The normalized spacial score (nSPS) is 16.5. The highest BCUT2D eigenvalue weighted by molar-refractivity contribution is 6.31. The number of nitrogens with zero attached hydrogens (tertiary/aromatic N) is 1. The van der Waals surface area contributed by atoms with Crippen LogP contribution in [-0.4, -0.2) is 28.1 Å². The van der Waals surface area contributed by atoms with Crippen LogP contribution in [0.25, 0.3) is 0 Å². The van der Waals surface area contributed by atoms with E-state index < -0.39 is 16.4 Å². The number of amides is 1. The molecule has 0 bridgehead atoms. The van der Waals surface area contributed by atoms with E-state index in [-0.39, 0.29) is 22.9 Å². The zero-order valence-corrected chi connectivity index (χ0v) is 10.8. The molecule has 0 spiro atoms. The Morgan fingerprint density at radius 2 is 2.21 bits per heavy atom. The van der Waals surface area contributed by atoms with E-state index in [4.69, 9.17) is 11.6 Å². The number of aliphatic hydroxyl groups excluding tert-OH is 1. The lowest BCUT2D eigenvalue weighted by atomic mass is 9.77. The topological polar surface area (TPSA) is 92.5 Å². The molecule has 2 rings (SSSR count). The number of nitro benzene ring substituents is 1. The molecule has 1 amide bonds. The maximum atomic E-state index is 12.1. The first-order valence-corrected chi connectivity index (χ1v) is 6.22. The van der Waals surface area contributed by atoms with Gasteiger partial charge in [0.2, 0.25) is 0 Å². The molecular formula is C12H13ClN2O4. The molecule has 1 aromatic carbocycles. The molecule has 6 nitrogen and oxygen atoms in total. The Labute approximate surface area is 114 Å². The van der Waals surface area contributed by atoms with Crippen molar-refractivity contribution < 1.29 is 14.8 Å². The van der Waals surface area contributed by atoms with Crippen molar-refractivity contribution in [2.24, 2.45) is 0 Å². The predicted molar refractivity (Wildman–Crippen MR) is 69.2 cm³/mol. The lowest BCUT2D eigenvalue weighted by Gasteiger charge is -2.40. The number of rotatable bonds is 4. The highest BCUT2D eigenvalue weighted by Gasteiger charge is 2.38. The van der Waals surface area contributed by atoms with E-state index >= 15 is 0 Å². The van der Waals surface area contributed by atoms with Gasteiger partial charge in [-0.05, 0) is 31.4 Å². The lowest BCUT2D eigenvalue weighted by Crippen LogP contribution is -2.56. The summed E-state index contributed by atoms with van der Waals surface area (Å²) in [6, 6.07) is 3.82. The monoisotopic (exact) mass is 284 g/mol. The highest BCUT2D eigenvalue weighted by atomic mass is 35.5. The predicted octanol–water partition coefficient (Wildman–Crippen LogP) is 1.89. The Balaban J connectivity index is 2.28. The SMILES string of the molecule is O=C(NC1(CO)CCC1)c1cc(Cl)ccc1[N+](=O)[O-]. The van der Waals surface area contributed by atoms with E-state index in [0.29, 0.717) is 12.8 Å². The van der Waals surface area contributed by atoms with Crippen molar-refractivity contribution in [3.63, 3.8) is 0 Å². The van der Waals surface area contributed by atoms with Gasteiger partial charge in [0, 0.05) is 11.1 Å². The van der Waals surface area contributed by atoms with Crippen molar-refractivity contribution in [1.29, 1.82) is 0 Å². The van der Waals surface area contributed by atoms with Crippen LogP contribution in [0.5, 0.6) is 0 Å². The molecule has 19 heavy (non-hydrogen) atoms. The molecule has 0 saturated heterocycles. The van der Waals surface area contributed by atoms with E-state index in [0.717, 1.165) is 6.42 Å². The van der Waals surface area contributed by atoms with Crippen LogP contribution in [0.15, 0.2) is 18.2 Å². The second kappa shape index (κ2) is 5.14. The molecule has 1 saturated carbocycles. The van der Waals surface area contributed by atoms with E-state index in [1.165, 1.54) is 18.2 Å². The summed E-state index contributed by atoms with van der Waals surface area (Å²) in [4.78, 5) is 22.4.